The molecule has 156 valence electrons. The second-order valence-corrected chi connectivity index (χ2v) is 12.6. The number of hydrogen-bond acceptors (Lipinski definition) is 4. The van der Waals surface area contributed by atoms with Crippen LogP contribution in [0.5, 0.6) is 0 Å². The molecular weight excluding hydrogens is 372 g/mol. The maximum atomic E-state index is 6.02. The third kappa shape index (κ3) is 6.80. The normalized spacial score (nSPS) is 31.7. The van der Waals surface area contributed by atoms with Gasteiger partial charge in [-0.2, -0.15) is 0 Å². The minimum absolute atomic E-state index is 0. The predicted molar refractivity (Wildman–Crippen MR) is 118 cm³/mol. The molecule has 27 heavy (non-hydrogen) atoms. The van der Waals surface area contributed by atoms with E-state index in [0.717, 1.165) is 25.7 Å². The van der Waals surface area contributed by atoms with Crippen molar-refractivity contribution < 1.29 is 17.7 Å². The van der Waals surface area contributed by atoms with E-state index < -0.39 is 17.8 Å². The molecule has 0 aromatic heterocycles. The average molecular weight is 413 g/mol. The number of benzene rings is 1. The van der Waals surface area contributed by atoms with Crippen LogP contribution in [0.15, 0.2) is 30.3 Å². The van der Waals surface area contributed by atoms with Gasteiger partial charge < -0.3 is 17.7 Å². The smallest absolute Gasteiger partial charge is 0.356 e. The molecule has 0 amide bonds. The predicted octanol–water partition coefficient (Wildman–Crippen LogP) is 4.65. The Balaban J connectivity index is 0.000000273. The van der Waals surface area contributed by atoms with Crippen LogP contribution >= 0.6 is 0 Å². The third-order valence-electron chi connectivity index (χ3n) is 4.98. The summed E-state index contributed by atoms with van der Waals surface area (Å²) in [5.41, 5.74) is 0. The average Bonchev–Trinajstić information content (AvgIpc) is 3.22. The first-order valence-electron chi connectivity index (χ1n) is 10.1. The molecule has 2 heterocycles. The Labute approximate surface area is 169 Å². The molecule has 0 N–H and O–H groups in total. The van der Waals surface area contributed by atoms with Crippen molar-refractivity contribution in [2.75, 3.05) is 0 Å². The summed E-state index contributed by atoms with van der Waals surface area (Å²) in [7, 11) is -3.30. The lowest BCUT2D eigenvalue weighted by molar-refractivity contribution is 0.148. The van der Waals surface area contributed by atoms with E-state index in [-0.39, 0.29) is 7.43 Å². The van der Waals surface area contributed by atoms with Crippen LogP contribution in [0.2, 0.25) is 13.1 Å². The molecular formula is C21H40O4Si2. The molecule has 4 nitrogen and oxygen atoms in total. The minimum Gasteiger partial charge on any atom is -0.389 e. The van der Waals surface area contributed by atoms with Gasteiger partial charge in [0, 0.05) is 0 Å². The van der Waals surface area contributed by atoms with Gasteiger partial charge >= 0.3 is 17.8 Å². The molecule has 4 atom stereocenters. The highest BCUT2D eigenvalue weighted by molar-refractivity contribution is 6.65. The van der Waals surface area contributed by atoms with E-state index in [1.165, 1.54) is 5.19 Å². The third-order valence-corrected chi connectivity index (χ3v) is 8.84. The molecule has 1 aromatic rings. The molecule has 2 aliphatic rings. The van der Waals surface area contributed by atoms with E-state index >= 15 is 0 Å². The van der Waals surface area contributed by atoms with Crippen LogP contribution in [0, 0.1) is 0 Å². The van der Waals surface area contributed by atoms with Crippen molar-refractivity contribution >= 4 is 23.0 Å². The summed E-state index contributed by atoms with van der Waals surface area (Å²) in [6.07, 6.45) is 5.61. The molecule has 1 aromatic carbocycles. The quantitative estimate of drug-likeness (QED) is 0.660. The molecule has 3 rings (SSSR count). The zero-order valence-corrected chi connectivity index (χ0v) is 19.4. The molecule has 2 saturated heterocycles. The first kappa shape index (κ1) is 24.5. The Bertz CT molecular complexity index is 500. The zero-order chi connectivity index (χ0) is 19.2. The van der Waals surface area contributed by atoms with Gasteiger partial charge in [-0.3, -0.25) is 0 Å². The highest BCUT2D eigenvalue weighted by atomic mass is 28.4. The highest BCUT2D eigenvalue weighted by Crippen LogP contribution is 2.28. The zero-order valence-electron chi connectivity index (χ0n) is 17.2. The summed E-state index contributed by atoms with van der Waals surface area (Å²) < 4.78 is 23.7. The Kier molecular flexibility index (Phi) is 10.4. The fourth-order valence-electron chi connectivity index (χ4n) is 3.61. The van der Waals surface area contributed by atoms with Gasteiger partial charge in [0.2, 0.25) is 0 Å². The maximum absolute atomic E-state index is 6.02. The van der Waals surface area contributed by atoms with Crippen molar-refractivity contribution in [1.29, 1.82) is 0 Å². The van der Waals surface area contributed by atoms with Gasteiger partial charge in [-0.1, -0.05) is 65.5 Å². The van der Waals surface area contributed by atoms with Crippen LogP contribution in [0.1, 0.15) is 60.8 Å². The molecule has 0 aliphatic carbocycles. The van der Waals surface area contributed by atoms with Crippen LogP contribution < -0.4 is 5.19 Å². The fourth-order valence-corrected chi connectivity index (χ4v) is 8.05. The van der Waals surface area contributed by atoms with Gasteiger partial charge in [-0.25, -0.2) is 0 Å². The topological polar surface area (TPSA) is 36.9 Å². The van der Waals surface area contributed by atoms with Gasteiger partial charge in [0.25, 0.3) is 0 Å². The van der Waals surface area contributed by atoms with Crippen molar-refractivity contribution in [1.82, 2.24) is 0 Å². The largest absolute Gasteiger partial charge is 0.389 e. The Hall–Kier alpha value is -0.506. The van der Waals surface area contributed by atoms with Crippen molar-refractivity contribution in [2.24, 2.45) is 0 Å². The van der Waals surface area contributed by atoms with Crippen LogP contribution in [0.3, 0.4) is 0 Å². The number of hydrogen-bond donors (Lipinski definition) is 0. The summed E-state index contributed by atoms with van der Waals surface area (Å²) in [5.74, 6) is 0. The fraction of sp³-hybridized carbons (Fsp3) is 0.714. The molecule has 0 saturated carbocycles. The van der Waals surface area contributed by atoms with E-state index in [2.05, 4.69) is 65.1 Å². The van der Waals surface area contributed by atoms with E-state index in [1.54, 1.807) is 0 Å². The summed E-state index contributed by atoms with van der Waals surface area (Å²) in [4.78, 5) is 0. The molecule has 0 bridgehead atoms. The summed E-state index contributed by atoms with van der Waals surface area (Å²) in [6.45, 7) is 12.9. The first-order chi connectivity index (χ1) is 12.4. The lowest BCUT2D eigenvalue weighted by Gasteiger charge is -2.12. The summed E-state index contributed by atoms with van der Waals surface area (Å²) in [5, 5.41) is 1.26. The second-order valence-electron chi connectivity index (χ2n) is 7.44. The van der Waals surface area contributed by atoms with Crippen molar-refractivity contribution in [2.45, 2.75) is 98.3 Å². The van der Waals surface area contributed by atoms with Gasteiger partial charge in [0.1, 0.15) is 0 Å². The van der Waals surface area contributed by atoms with Crippen molar-refractivity contribution in [3.63, 3.8) is 0 Å². The SMILES string of the molecule is C.CCC1O[SiH](c2ccccc2)OC1CC.CCC1O[Si](C)(C)OC1CC. The number of rotatable bonds is 5. The second kappa shape index (κ2) is 11.5. The van der Waals surface area contributed by atoms with Crippen LogP contribution in [0.25, 0.3) is 0 Å². The van der Waals surface area contributed by atoms with Gasteiger partial charge in [0.15, 0.2) is 0 Å². The van der Waals surface area contributed by atoms with Crippen molar-refractivity contribution in [3.8, 4) is 0 Å². The first-order valence-corrected chi connectivity index (χ1v) is 14.5. The van der Waals surface area contributed by atoms with Crippen LogP contribution in [-0.4, -0.2) is 42.3 Å². The standard InChI is InChI=1S/C12H18O2Si.C8H18O2Si.CH4/c1-3-11-12(4-2)14-15(13-11)10-8-6-5-7-9-10;1-5-7-8(6-2)10-11(3,4)9-7;/h5-9,11-12,15H,3-4H2,1-2H3;7-8H,5-6H2,1-4H3;1H4. The summed E-state index contributed by atoms with van der Waals surface area (Å²) >= 11 is 0. The van der Waals surface area contributed by atoms with Gasteiger partial charge in [-0.05, 0) is 44.0 Å². The van der Waals surface area contributed by atoms with Gasteiger partial charge in [0.05, 0.1) is 24.4 Å². The van der Waals surface area contributed by atoms with Crippen LogP contribution in [0.4, 0.5) is 0 Å². The van der Waals surface area contributed by atoms with E-state index in [0.29, 0.717) is 24.4 Å². The molecule has 6 heteroatoms. The summed E-state index contributed by atoms with van der Waals surface area (Å²) in [6, 6.07) is 10.4. The van der Waals surface area contributed by atoms with E-state index in [9.17, 15) is 0 Å². The van der Waals surface area contributed by atoms with Crippen molar-refractivity contribution in [3.05, 3.63) is 30.3 Å². The lowest BCUT2D eigenvalue weighted by Crippen LogP contribution is -2.32. The Morgan fingerprint density at radius 2 is 1.15 bits per heavy atom. The molecule has 4 unspecified atom stereocenters. The van der Waals surface area contributed by atoms with Crippen LogP contribution in [-0.2, 0) is 17.7 Å². The molecule has 0 radical (unpaired) electrons. The lowest BCUT2D eigenvalue weighted by atomic mass is 10.1. The monoisotopic (exact) mass is 412 g/mol. The minimum atomic E-state index is -1.71. The maximum Gasteiger partial charge on any atom is 0.356 e. The molecule has 0 spiro atoms. The van der Waals surface area contributed by atoms with Gasteiger partial charge in [-0.15, -0.1) is 0 Å². The molecule has 2 aliphatic heterocycles. The Morgan fingerprint density at radius 3 is 1.52 bits per heavy atom. The Morgan fingerprint density at radius 1 is 0.741 bits per heavy atom. The highest BCUT2D eigenvalue weighted by Gasteiger charge is 2.41. The van der Waals surface area contributed by atoms with E-state index in [1.807, 2.05) is 6.07 Å². The molecule has 2 fully saturated rings. The van der Waals surface area contributed by atoms with E-state index in [4.69, 9.17) is 17.7 Å².